The van der Waals surface area contributed by atoms with Crippen LogP contribution in [-0.2, 0) is 16.1 Å². The number of hydrogen-bond donors (Lipinski definition) is 2. The van der Waals surface area contributed by atoms with Crippen LogP contribution < -0.4 is 11.1 Å². The van der Waals surface area contributed by atoms with Gasteiger partial charge in [-0.1, -0.05) is 30.3 Å². The number of rotatable bonds is 10. The maximum absolute atomic E-state index is 12.5. The van der Waals surface area contributed by atoms with Crippen molar-refractivity contribution in [2.75, 3.05) is 44.7 Å². The van der Waals surface area contributed by atoms with E-state index in [0.29, 0.717) is 30.3 Å². The second-order valence-corrected chi connectivity index (χ2v) is 7.96. The summed E-state index contributed by atoms with van der Waals surface area (Å²) in [5.41, 5.74) is 7.58. The number of hydrogen-bond acceptors (Lipinski definition) is 5. The van der Waals surface area contributed by atoms with Crippen molar-refractivity contribution < 1.29 is 14.3 Å². The average molecular weight is 425 g/mol. The van der Waals surface area contributed by atoms with Crippen molar-refractivity contribution in [3.63, 3.8) is 0 Å². The van der Waals surface area contributed by atoms with Crippen LogP contribution in [0, 0.1) is 0 Å². The molecule has 0 radical (unpaired) electrons. The molecule has 0 spiro atoms. The van der Waals surface area contributed by atoms with Gasteiger partial charge in [-0.15, -0.1) is 0 Å². The second-order valence-electron chi connectivity index (χ2n) is 7.96. The predicted molar refractivity (Wildman–Crippen MR) is 122 cm³/mol. The highest BCUT2D eigenvalue weighted by atomic mass is 16.5. The molecule has 1 unspecified atom stereocenters. The van der Waals surface area contributed by atoms with Crippen molar-refractivity contribution in [3.8, 4) is 0 Å². The molecule has 2 aromatic carbocycles. The highest BCUT2D eigenvalue weighted by molar-refractivity contribution is 5.94. The molecule has 0 aromatic heterocycles. The van der Waals surface area contributed by atoms with E-state index < -0.39 is 5.91 Å². The maximum Gasteiger partial charge on any atom is 0.248 e. The molecule has 7 nitrogen and oxygen atoms in total. The van der Waals surface area contributed by atoms with Crippen LogP contribution in [-0.4, -0.2) is 67.0 Å². The van der Waals surface area contributed by atoms with Crippen LogP contribution in [0.15, 0.2) is 54.6 Å². The minimum absolute atomic E-state index is 0.0524. The second kappa shape index (κ2) is 11.6. The molecule has 1 fully saturated rings. The third-order valence-electron chi connectivity index (χ3n) is 5.56. The van der Waals surface area contributed by atoms with E-state index in [0.717, 1.165) is 39.4 Å². The normalized spacial score (nSPS) is 15.5. The van der Waals surface area contributed by atoms with Crippen molar-refractivity contribution in [1.29, 1.82) is 0 Å². The number of primary amides is 1. The summed E-state index contributed by atoms with van der Waals surface area (Å²) in [7, 11) is 0. The summed E-state index contributed by atoms with van der Waals surface area (Å²) in [4.78, 5) is 28.5. The largest absolute Gasteiger partial charge is 0.379 e. The van der Waals surface area contributed by atoms with Crippen LogP contribution in [0.3, 0.4) is 0 Å². The maximum atomic E-state index is 12.5. The summed E-state index contributed by atoms with van der Waals surface area (Å²) in [6, 6.07) is 17.3. The fourth-order valence-electron chi connectivity index (χ4n) is 3.73. The number of carbonyl (C=O) groups is 2. The van der Waals surface area contributed by atoms with E-state index in [9.17, 15) is 9.59 Å². The van der Waals surface area contributed by atoms with Crippen LogP contribution in [0.5, 0.6) is 0 Å². The fraction of sp³-hybridized carbons (Fsp3) is 0.417. The quantitative estimate of drug-likeness (QED) is 0.611. The number of benzene rings is 2. The Morgan fingerprint density at radius 3 is 2.42 bits per heavy atom. The zero-order chi connectivity index (χ0) is 22.1. The Labute approximate surface area is 184 Å². The summed E-state index contributed by atoms with van der Waals surface area (Å²) >= 11 is 0. The lowest BCUT2D eigenvalue weighted by Gasteiger charge is -2.35. The standard InChI is InChI=1S/C24H32N4O3/c1-19(17-27-13-15-31-16-14-27)28(18-20-5-3-2-4-6-20)12-11-23(29)26-22-9-7-21(8-10-22)24(25)30/h2-10,19H,11-18H2,1H3,(H2,25,30)(H,26,29). The molecule has 0 aliphatic carbocycles. The van der Waals surface area contributed by atoms with E-state index in [1.54, 1.807) is 24.3 Å². The van der Waals surface area contributed by atoms with Crippen LogP contribution >= 0.6 is 0 Å². The first-order valence-corrected chi connectivity index (χ1v) is 10.8. The number of ether oxygens (including phenoxy) is 1. The molecule has 1 heterocycles. The van der Waals surface area contributed by atoms with E-state index in [4.69, 9.17) is 10.5 Å². The van der Waals surface area contributed by atoms with Crippen molar-refractivity contribution in [1.82, 2.24) is 9.80 Å². The Balaban J connectivity index is 1.57. The highest BCUT2D eigenvalue weighted by Crippen LogP contribution is 2.13. The zero-order valence-corrected chi connectivity index (χ0v) is 18.1. The third kappa shape index (κ3) is 7.47. The first-order valence-electron chi connectivity index (χ1n) is 10.8. The van der Waals surface area contributed by atoms with Crippen molar-refractivity contribution in [2.45, 2.75) is 25.9 Å². The summed E-state index contributed by atoms with van der Waals surface area (Å²) in [6.07, 6.45) is 0.387. The van der Waals surface area contributed by atoms with Gasteiger partial charge in [0.25, 0.3) is 0 Å². The number of nitrogens with one attached hydrogen (secondary N) is 1. The molecule has 166 valence electrons. The SMILES string of the molecule is CC(CN1CCOCC1)N(CCC(=O)Nc1ccc(C(N)=O)cc1)Cc1ccccc1. The lowest BCUT2D eigenvalue weighted by molar-refractivity contribution is -0.116. The third-order valence-corrected chi connectivity index (χ3v) is 5.56. The average Bonchev–Trinajstić information content (AvgIpc) is 2.78. The Hall–Kier alpha value is -2.74. The molecule has 31 heavy (non-hydrogen) atoms. The summed E-state index contributed by atoms with van der Waals surface area (Å²) in [6.45, 7) is 8.09. The monoisotopic (exact) mass is 424 g/mol. The van der Waals surface area contributed by atoms with Gasteiger partial charge in [0.2, 0.25) is 11.8 Å². The van der Waals surface area contributed by atoms with Gasteiger partial charge in [0, 0.05) is 56.4 Å². The molecule has 1 atom stereocenters. The molecule has 7 heteroatoms. The van der Waals surface area contributed by atoms with Gasteiger partial charge in [-0.25, -0.2) is 0 Å². The van der Waals surface area contributed by atoms with Gasteiger partial charge < -0.3 is 15.8 Å². The molecule has 0 saturated carbocycles. The van der Waals surface area contributed by atoms with E-state index >= 15 is 0 Å². The van der Waals surface area contributed by atoms with Gasteiger partial charge in [0.05, 0.1) is 13.2 Å². The van der Waals surface area contributed by atoms with Gasteiger partial charge in [-0.05, 0) is 36.8 Å². The number of carbonyl (C=O) groups excluding carboxylic acids is 2. The Morgan fingerprint density at radius 2 is 1.77 bits per heavy atom. The highest BCUT2D eigenvalue weighted by Gasteiger charge is 2.20. The summed E-state index contributed by atoms with van der Waals surface area (Å²) < 4.78 is 5.46. The molecule has 1 aliphatic rings. The topological polar surface area (TPSA) is 87.9 Å². The van der Waals surface area contributed by atoms with Crippen LogP contribution in [0.4, 0.5) is 5.69 Å². The molecule has 2 aromatic rings. The first-order chi connectivity index (χ1) is 15.0. The lowest BCUT2D eigenvalue weighted by atomic mass is 10.1. The van der Waals surface area contributed by atoms with Gasteiger partial charge in [-0.2, -0.15) is 0 Å². The number of amides is 2. The van der Waals surface area contributed by atoms with E-state index in [1.807, 2.05) is 18.2 Å². The molecule has 2 amide bonds. The van der Waals surface area contributed by atoms with E-state index in [-0.39, 0.29) is 5.91 Å². The van der Waals surface area contributed by atoms with E-state index in [2.05, 4.69) is 34.2 Å². The number of nitrogens with zero attached hydrogens (tertiary/aromatic N) is 2. The van der Waals surface area contributed by atoms with Gasteiger partial charge in [0.1, 0.15) is 0 Å². The fourth-order valence-corrected chi connectivity index (χ4v) is 3.73. The molecule has 3 rings (SSSR count). The Kier molecular flexibility index (Phi) is 8.58. The summed E-state index contributed by atoms with van der Waals surface area (Å²) in [5, 5.41) is 2.90. The number of anilines is 1. The van der Waals surface area contributed by atoms with Gasteiger partial charge in [0.15, 0.2) is 0 Å². The number of morpholine rings is 1. The minimum Gasteiger partial charge on any atom is -0.379 e. The zero-order valence-electron chi connectivity index (χ0n) is 18.1. The first kappa shape index (κ1) is 22.9. The molecule has 1 aliphatic heterocycles. The van der Waals surface area contributed by atoms with Crippen LogP contribution in [0.25, 0.3) is 0 Å². The molecular weight excluding hydrogens is 392 g/mol. The van der Waals surface area contributed by atoms with E-state index in [1.165, 1.54) is 5.56 Å². The minimum atomic E-state index is -0.483. The van der Waals surface area contributed by atoms with Crippen LogP contribution in [0.2, 0.25) is 0 Å². The summed E-state index contributed by atoms with van der Waals surface area (Å²) in [5.74, 6) is -0.535. The van der Waals surface area contributed by atoms with Crippen molar-refractivity contribution in [2.24, 2.45) is 5.73 Å². The molecule has 3 N–H and O–H groups in total. The Morgan fingerprint density at radius 1 is 1.10 bits per heavy atom. The molecule has 0 bridgehead atoms. The predicted octanol–water partition coefficient (Wildman–Crippen LogP) is 2.34. The van der Waals surface area contributed by atoms with Gasteiger partial charge >= 0.3 is 0 Å². The van der Waals surface area contributed by atoms with Crippen molar-refractivity contribution >= 4 is 17.5 Å². The lowest BCUT2D eigenvalue weighted by Crippen LogP contribution is -2.46. The number of nitrogens with two attached hydrogens (primary N) is 1. The van der Waals surface area contributed by atoms with Crippen molar-refractivity contribution in [3.05, 3.63) is 65.7 Å². The molecular formula is C24H32N4O3. The van der Waals surface area contributed by atoms with Crippen LogP contribution in [0.1, 0.15) is 29.3 Å². The Bertz CT molecular complexity index is 836. The smallest absolute Gasteiger partial charge is 0.248 e. The van der Waals surface area contributed by atoms with Gasteiger partial charge in [-0.3, -0.25) is 19.4 Å². The molecule has 1 saturated heterocycles.